The van der Waals surface area contributed by atoms with E-state index in [1.54, 1.807) is 12.0 Å². The van der Waals surface area contributed by atoms with Gasteiger partial charge in [-0.3, -0.25) is 4.79 Å². The first-order valence-electron chi connectivity index (χ1n) is 9.14. The monoisotopic (exact) mass is 437 g/mol. The molecule has 0 aliphatic carbocycles. The molecule has 7 nitrogen and oxygen atoms in total. The first kappa shape index (κ1) is 21.4. The highest BCUT2D eigenvalue weighted by Gasteiger charge is 2.26. The van der Waals surface area contributed by atoms with Crippen molar-refractivity contribution in [3.8, 4) is 5.75 Å². The van der Waals surface area contributed by atoms with Crippen LogP contribution in [-0.4, -0.2) is 70.9 Å². The van der Waals surface area contributed by atoms with Gasteiger partial charge in [0.15, 0.2) is 0 Å². The fraction of sp³-hybridized carbons (Fsp3) is 0.350. The van der Waals surface area contributed by atoms with Crippen LogP contribution in [0.5, 0.6) is 5.75 Å². The number of hydrogen-bond donors (Lipinski definition) is 0. The van der Waals surface area contributed by atoms with Crippen molar-refractivity contribution in [2.75, 3.05) is 52.3 Å². The quantitative estimate of drug-likeness (QED) is 0.719. The number of nitrogens with zero attached hydrogens (tertiary/aromatic N) is 3. The lowest BCUT2D eigenvalue weighted by atomic mass is 10.1. The molecular formula is C20H24ClN3O4S. The first-order chi connectivity index (χ1) is 13.7. The molecule has 1 fully saturated rings. The number of hydrogen-bond acceptors (Lipinski definition) is 5. The minimum Gasteiger partial charge on any atom is -0.497 e. The number of methoxy groups -OCH3 is 1. The number of ether oxygens (including phenoxy) is 1. The highest BCUT2D eigenvalue weighted by atomic mass is 35.5. The van der Waals surface area contributed by atoms with E-state index in [1.165, 1.54) is 32.3 Å². The van der Waals surface area contributed by atoms with Gasteiger partial charge in [-0.05, 0) is 30.3 Å². The summed E-state index contributed by atoms with van der Waals surface area (Å²) in [6.45, 7) is 2.34. The normalized spacial score (nSPS) is 14.9. The Morgan fingerprint density at radius 3 is 2.38 bits per heavy atom. The van der Waals surface area contributed by atoms with Crippen molar-refractivity contribution in [1.29, 1.82) is 0 Å². The zero-order valence-corrected chi connectivity index (χ0v) is 18.2. The summed E-state index contributed by atoms with van der Waals surface area (Å²) in [6.07, 6.45) is 0. The number of benzene rings is 2. The Morgan fingerprint density at radius 1 is 1.07 bits per heavy atom. The maximum Gasteiger partial charge on any atom is 0.255 e. The van der Waals surface area contributed by atoms with E-state index in [0.29, 0.717) is 26.2 Å². The number of sulfonamides is 1. The number of amides is 1. The van der Waals surface area contributed by atoms with Gasteiger partial charge in [-0.1, -0.05) is 17.7 Å². The van der Waals surface area contributed by atoms with Crippen LogP contribution in [-0.2, 0) is 10.0 Å². The van der Waals surface area contributed by atoms with E-state index in [4.69, 9.17) is 16.3 Å². The molecule has 1 saturated heterocycles. The third-order valence-electron chi connectivity index (χ3n) is 4.93. The van der Waals surface area contributed by atoms with E-state index in [2.05, 4.69) is 4.90 Å². The Bertz CT molecular complexity index is 1000. The Labute approximate surface area is 176 Å². The van der Waals surface area contributed by atoms with Gasteiger partial charge in [0, 0.05) is 52.0 Å². The second kappa shape index (κ2) is 8.61. The summed E-state index contributed by atoms with van der Waals surface area (Å²) >= 11 is 6.22. The van der Waals surface area contributed by atoms with E-state index in [0.717, 1.165) is 15.7 Å². The van der Waals surface area contributed by atoms with Gasteiger partial charge in [-0.25, -0.2) is 12.7 Å². The summed E-state index contributed by atoms with van der Waals surface area (Å²) < 4.78 is 31.2. The standard InChI is InChI=1S/C20H24ClN3O4S/c1-22(2)29(26,27)17-7-8-19(21)18(14-17)20(25)24-11-9-23(10-12-24)15-5-4-6-16(13-15)28-3/h4-8,13-14H,9-12H2,1-3H3. The highest BCUT2D eigenvalue weighted by Crippen LogP contribution is 2.26. The van der Waals surface area contributed by atoms with Gasteiger partial charge in [0.25, 0.3) is 5.91 Å². The van der Waals surface area contributed by atoms with Crippen LogP contribution in [0.3, 0.4) is 0 Å². The second-order valence-corrected chi connectivity index (χ2v) is 9.47. The summed E-state index contributed by atoms with van der Waals surface area (Å²) in [4.78, 5) is 16.9. The second-order valence-electron chi connectivity index (χ2n) is 6.91. The van der Waals surface area contributed by atoms with Crippen LogP contribution in [0.15, 0.2) is 47.4 Å². The summed E-state index contributed by atoms with van der Waals surface area (Å²) in [5, 5.41) is 0.239. The molecular weight excluding hydrogens is 414 g/mol. The number of piperazine rings is 1. The number of rotatable bonds is 5. The smallest absolute Gasteiger partial charge is 0.255 e. The van der Waals surface area contributed by atoms with Crippen LogP contribution in [0.25, 0.3) is 0 Å². The van der Waals surface area contributed by atoms with Gasteiger partial charge in [0.1, 0.15) is 5.75 Å². The van der Waals surface area contributed by atoms with E-state index >= 15 is 0 Å². The Hall–Kier alpha value is -2.29. The highest BCUT2D eigenvalue weighted by molar-refractivity contribution is 7.89. The Morgan fingerprint density at radius 2 is 1.76 bits per heavy atom. The lowest BCUT2D eigenvalue weighted by Crippen LogP contribution is -2.48. The van der Waals surface area contributed by atoms with Crippen molar-refractivity contribution in [2.24, 2.45) is 0 Å². The maximum absolute atomic E-state index is 13.0. The molecule has 3 rings (SSSR count). The molecule has 2 aromatic rings. The van der Waals surface area contributed by atoms with Crippen LogP contribution in [0, 0.1) is 0 Å². The predicted molar refractivity (Wildman–Crippen MR) is 113 cm³/mol. The van der Waals surface area contributed by atoms with Crippen molar-refractivity contribution in [2.45, 2.75) is 4.90 Å². The number of carbonyl (C=O) groups is 1. The van der Waals surface area contributed by atoms with Crippen LogP contribution in [0.2, 0.25) is 5.02 Å². The molecule has 1 aliphatic heterocycles. The molecule has 1 amide bonds. The predicted octanol–water partition coefficient (Wildman–Crippen LogP) is 2.56. The zero-order valence-electron chi connectivity index (χ0n) is 16.6. The molecule has 0 unspecified atom stereocenters. The van der Waals surface area contributed by atoms with E-state index < -0.39 is 10.0 Å². The molecule has 2 aromatic carbocycles. The van der Waals surface area contributed by atoms with Gasteiger partial charge < -0.3 is 14.5 Å². The average molecular weight is 438 g/mol. The van der Waals surface area contributed by atoms with Gasteiger partial charge in [-0.2, -0.15) is 0 Å². The fourth-order valence-electron chi connectivity index (χ4n) is 3.18. The van der Waals surface area contributed by atoms with E-state index in [1.807, 2.05) is 24.3 Å². The average Bonchev–Trinajstić information content (AvgIpc) is 2.73. The lowest BCUT2D eigenvalue weighted by Gasteiger charge is -2.36. The largest absolute Gasteiger partial charge is 0.497 e. The molecule has 0 saturated carbocycles. The fourth-order valence-corrected chi connectivity index (χ4v) is 4.31. The van der Waals surface area contributed by atoms with Crippen LogP contribution in [0.4, 0.5) is 5.69 Å². The number of carbonyl (C=O) groups excluding carboxylic acids is 1. The Balaban J connectivity index is 1.75. The van der Waals surface area contributed by atoms with Crippen molar-refractivity contribution < 1.29 is 17.9 Å². The number of halogens is 1. The third kappa shape index (κ3) is 4.49. The van der Waals surface area contributed by atoms with Gasteiger partial charge in [0.05, 0.1) is 22.6 Å². The minimum atomic E-state index is -3.65. The zero-order chi connectivity index (χ0) is 21.2. The van der Waals surface area contributed by atoms with E-state index in [9.17, 15) is 13.2 Å². The lowest BCUT2D eigenvalue weighted by molar-refractivity contribution is 0.0746. The molecule has 1 heterocycles. The molecule has 0 spiro atoms. The summed E-state index contributed by atoms with van der Waals surface area (Å²) in [7, 11) is 0.876. The molecule has 0 aromatic heterocycles. The Kier molecular flexibility index (Phi) is 6.36. The third-order valence-corrected chi connectivity index (χ3v) is 7.07. The SMILES string of the molecule is COc1cccc(N2CCN(C(=O)c3cc(S(=O)(=O)N(C)C)ccc3Cl)CC2)c1. The van der Waals surface area contributed by atoms with Gasteiger partial charge in [0.2, 0.25) is 10.0 Å². The molecule has 0 N–H and O–H groups in total. The first-order valence-corrected chi connectivity index (χ1v) is 11.0. The van der Waals surface area contributed by atoms with Gasteiger partial charge in [-0.15, -0.1) is 0 Å². The summed E-state index contributed by atoms with van der Waals surface area (Å²) in [5.74, 6) is 0.516. The van der Waals surface area contributed by atoms with Crippen molar-refractivity contribution in [1.82, 2.24) is 9.21 Å². The number of anilines is 1. The molecule has 9 heteroatoms. The molecule has 1 aliphatic rings. The molecule has 156 valence electrons. The van der Waals surface area contributed by atoms with Crippen LogP contribution in [0.1, 0.15) is 10.4 Å². The minimum absolute atomic E-state index is 0.0465. The van der Waals surface area contributed by atoms with Crippen LogP contribution >= 0.6 is 11.6 Å². The van der Waals surface area contributed by atoms with Crippen molar-refractivity contribution >= 4 is 33.2 Å². The molecule has 29 heavy (non-hydrogen) atoms. The summed E-state index contributed by atoms with van der Waals surface area (Å²) in [6, 6.07) is 12.0. The molecule has 0 atom stereocenters. The maximum atomic E-state index is 13.0. The topological polar surface area (TPSA) is 70.2 Å². The summed E-state index contributed by atoms with van der Waals surface area (Å²) in [5.41, 5.74) is 1.23. The van der Waals surface area contributed by atoms with Gasteiger partial charge >= 0.3 is 0 Å². The molecule has 0 radical (unpaired) electrons. The van der Waals surface area contributed by atoms with E-state index in [-0.39, 0.29) is 21.4 Å². The molecule has 0 bridgehead atoms. The van der Waals surface area contributed by atoms with Crippen LogP contribution < -0.4 is 9.64 Å². The van der Waals surface area contributed by atoms with Crippen molar-refractivity contribution in [3.05, 3.63) is 53.1 Å². The van der Waals surface area contributed by atoms with Crippen molar-refractivity contribution in [3.63, 3.8) is 0 Å².